The Kier molecular flexibility index (Phi) is 4.62. The number of hydrogen-bond donors (Lipinski definition) is 1. The van der Waals surface area contributed by atoms with Gasteiger partial charge in [-0.15, -0.1) is 0 Å². The number of carbonyl (C=O) groups is 2. The van der Waals surface area contributed by atoms with Crippen molar-refractivity contribution in [3.05, 3.63) is 101 Å². The van der Waals surface area contributed by atoms with Crippen LogP contribution in [0.15, 0.2) is 72.8 Å². The van der Waals surface area contributed by atoms with Gasteiger partial charge in [0.25, 0.3) is 5.91 Å². The molecular formula is C26H24N2O2. The fourth-order valence-electron chi connectivity index (χ4n) is 4.80. The molecule has 2 amide bonds. The Hall–Kier alpha value is -3.40. The molecule has 2 aliphatic rings. The molecule has 2 aliphatic heterocycles. The summed E-state index contributed by atoms with van der Waals surface area (Å²) in [4.78, 5) is 28.7. The van der Waals surface area contributed by atoms with Crippen molar-refractivity contribution in [2.45, 2.75) is 31.7 Å². The van der Waals surface area contributed by atoms with E-state index in [1.165, 1.54) is 11.1 Å². The number of amides is 2. The van der Waals surface area contributed by atoms with Crippen molar-refractivity contribution in [1.82, 2.24) is 4.90 Å². The molecule has 2 unspecified atom stereocenters. The van der Waals surface area contributed by atoms with Crippen molar-refractivity contribution in [3.8, 4) is 0 Å². The normalized spacial score (nSPS) is 19.5. The Morgan fingerprint density at radius 3 is 2.43 bits per heavy atom. The lowest BCUT2D eigenvalue weighted by atomic mass is 9.76. The number of nitrogens with zero attached hydrogens (tertiary/aromatic N) is 1. The first-order chi connectivity index (χ1) is 14.7. The van der Waals surface area contributed by atoms with Gasteiger partial charge in [0.15, 0.2) is 0 Å². The molecular weight excluding hydrogens is 372 g/mol. The number of anilines is 1. The van der Waals surface area contributed by atoms with Gasteiger partial charge >= 0.3 is 0 Å². The van der Waals surface area contributed by atoms with Crippen LogP contribution in [0.3, 0.4) is 0 Å². The monoisotopic (exact) mass is 396 g/mol. The number of carbonyl (C=O) groups excluding carboxylic acids is 2. The van der Waals surface area contributed by atoms with Crippen LogP contribution in [0.4, 0.5) is 5.69 Å². The van der Waals surface area contributed by atoms with E-state index < -0.39 is 5.92 Å². The summed E-state index contributed by atoms with van der Waals surface area (Å²) < 4.78 is 0. The smallest absolute Gasteiger partial charge is 0.254 e. The molecule has 1 N–H and O–H groups in total. The summed E-state index contributed by atoms with van der Waals surface area (Å²) in [6.07, 6.45) is 1.77. The van der Waals surface area contributed by atoms with Crippen molar-refractivity contribution in [3.63, 3.8) is 0 Å². The van der Waals surface area contributed by atoms with E-state index in [4.69, 9.17) is 0 Å². The Labute approximate surface area is 176 Å². The zero-order valence-electron chi connectivity index (χ0n) is 17.0. The lowest BCUT2D eigenvalue weighted by molar-refractivity contribution is -0.119. The minimum atomic E-state index is -0.453. The summed E-state index contributed by atoms with van der Waals surface area (Å²) in [6, 6.07) is 23.4. The summed E-state index contributed by atoms with van der Waals surface area (Å²) in [7, 11) is 0. The Bertz CT molecular complexity index is 1120. The number of fused-ring (bicyclic) bond motifs is 4. The first-order valence-corrected chi connectivity index (χ1v) is 10.5. The van der Waals surface area contributed by atoms with E-state index in [0.29, 0.717) is 12.1 Å². The average Bonchev–Trinajstić information content (AvgIpc) is 2.79. The molecule has 0 aliphatic carbocycles. The van der Waals surface area contributed by atoms with Gasteiger partial charge in [-0.1, -0.05) is 61.5 Å². The van der Waals surface area contributed by atoms with Crippen LogP contribution in [-0.2, 0) is 17.6 Å². The average molecular weight is 396 g/mol. The lowest BCUT2D eigenvalue weighted by Gasteiger charge is -2.45. The number of benzene rings is 3. The van der Waals surface area contributed by atoms with E-state index in [9.17, 15) is 9.59 Å². The molecule has 0 bridgehead atoms. The van der Waals surface area contributed by atoms with Crippen LogP contribution in [0.25, 0.3) is 0 Å². The Morgan fingerprint density at radius 2 is 1.67 bits per heavy atom. The van der Waals surface area contributed by atoms with E-state index in [1.807, 2.05) is 65.6 Å². The summed E-state index contributed by atoms with van der Waals surface area (Å²) in [5.41, 5.74) is 5.75. The van der Waals surface area contributed by atoms with Gasteiger partial charge in [-0.2, -0.15) is 0 Å². The van der Waals surface area contributed by atoms with Gasteiger partial charge in [0.1, 0.15) is 0 Å². The van der Waals surface area contributed by atoms with Crippen molar-refractivity contribution in [2.75, 3.05) is 11.9 Å². The van der Waals surface area contributed by atoms with Gasteiger partial charge in [0.05, 0.1) is 12.0 Å². The van der Waals surface area contributed by atoms with E-state index in [2.05, 4.69) is 24.4 Å². The third kappa shape index (κ3) is 3.00. The van der Waals surface area contributed by atoms with Crippen LogP contribution in [-0.4, -0.2) is 23.3 Å². The minimum absolute atomic E-state index is 0.0152. The van der Waals surface area contributed by atoms with Crippen molar-refractivity contribution < 1.29 is 9.59 Å². The molecule has 5 rings (SSSR count). The number of rotatable bonds is 3. The maximum atomic E-state index is 13.6. The molecule has 2 heterocycles. The molecule has 4 nitrogen and oxygen atoms in total. The van der Waals surface area contributed by atoms with Crippen LogP contribution in [0.1, 0.15) is 51.5 Å². The second kappa shape index (κ2) is 7.45. The van der Waals surface area contributed by atoms with Gasteiger partial charge in [-0.05, 0) is 53.3 Å². The SMILES string of the molecule is CCc1ccc(NC(=O)C2c3ccccc3C(=O)N3CCc4ccccc4C23)cc1. The molecule has 30 heavy (non-hydrogen) atoms. The summed E-state index contributed by atoms with van der Waals surface area (Å²) >= 11 is 0. The molecule has 0 aromatic heterocycles. The highest BCUT2D eigenvalue weighted by atomic mass is 16.2. The zero-order chi connectivity index (χ0) is 20.7. The summed E-state index contributed by atoms with van der Waals surface area (Å²) in [6.45, 7) is 2.74. The fraction of sp³-hybridized carbons (Fsp3) is 0.231. The molecule has 4 heteroatoms. The van der Waals surface area contributed by atoms with E-state index >= 15 is 0 Å². The molecule has 150 valence electrons. The highest BCUT2D eigenvalue weighted by molar-refractivity contribution is 6.04. The van der Waals surface area contributed by atoms with Crippen LogP contribution >= 0.6 is 0 Å². The Balaban J connectivity index is 1.59. The summed E-state index contributed by atoms with van der Waals surface area (Å²) in [5, 5.41) is 3.11. The van der Waals surface area contributed by atoms with Crippen LogP contribution < -0.4 is 5.32 Å². The molecule has 0 saturated carbocycles. The van der Waals surface area contributed by atoms with Gasteiger partial charge in [-0.3, -0.25) is 9.59 Å². The highest BCUT2D eigenvalue weighted by Crippen LogP contribution is 2.46. The maximum absolute atomic E-state index is 13.6. The quantitative estimate of drug-likeness (QED) is 0.696. The number of nitrogens with one attached hydrogen (secondary N) is 1. The zero-order valence-corrected chi connectivity index (χ0v) is 17.0. The van der Waals surface area contributed by atoms with Crippen molar-refractivity contribution >= 4 is 17.5 Å². The molecule has 0 saturated heterocycles. The first kappa shape index (κ1) is 18.6. The largest absolute Gasteiger partial charge is 0.330 e. The van der Waals surface area contributed by atoms with Crippen LogP contribution in [0, 0.1) is 0 Å². The second-order valence-electron chi connectivity index (χ2n) is 8.00. The van der Waals surface area contributed by atoms with Crippen LogP contribution in [0.2, 0.25) is 0 Å². The maximum Gasteiger partial charge on any atom is 0.254 e. The minimum Gasteiger partial charge on any atom is -0.330 e. The molecule has 3 aromatic rings. The number of hydrogen-bond acceptors (Lipinski definition) is 2. The molecule has 2 atom stereocenters. The van der Waals surface area contributed by atoms with Crippen LogP contribution in [0.5, 0.6) is 0 Å². The van der Waals surface area contributed by atoms with Gasteiger partial charge < -0.3 is 10.2 Å². The standard InChI is InChI=1S/C26H24N2O2/c1-2-17-11-13-19(14-12-17)27-25(29)23-21-9-5-6-10-22(21)26(30)28-16-15-18-7-3-4-8-20(18)24(23)28/h3-14,23-24H,2,15-16H2,1H3,(H,27,29). The molecule has 0 fully saturated rings. The first-order valence-electron chi connectivity index (χ1n) is 10.5. The van der Waals surface area contributed by atoms with Gasteiger partial charge in [0, 0.05) is 17.8 Å². The summed E-state index contributed by atoms with van der Waals surface area (Å²) in [5.74, 6) is -0.515. The van der Waals surface area contributed by atoms with Crippen molar-refractivity contribution in [1.29, 1.82) is 0 Å². The third-order valence-corrected chi connectivity index (χ3v) is 6.35. The Morgan fingerprint density at radius 1 is 0.967 bits per heavy atom. The topological polar surface area (TPSA) is 49.4 Å². The van der Waals surface area contributed by atoms with E-state index in [-0.39, 0.29) is 17.9 Å². The lowest BCUT2D eigenvalue weighted by Crippen LogP contribution is -2.49. The molecule has 0 radical (unpaired) electrons. The van der Waals surface area contributed by atoms with Crippen molar-refractivity contribution in [2.24, 2.45) is 0 Å². The predicted octanol–water partition coefficient (Wildman–Crippen LogP) is 4.72. The number of aryl methyl sites for hydroxylation is 1. The van der Waals surface area contributed by atoms with E-state index in [0.717, 1.165) is 29.7 Å². The second-order valence-corrected chi connectivity index (χ2v) is 8.00. The molecule has 3 aromatic carbocycles. The van der Waals surface area contributed by atoms with Gasteiger partial charge in [0.2, 0.25) is 5.91 Å². The van der Waals surface area contributed by atoms with E-state index in [1.54, 1.807) is 0 Å². The third-order valence-electron chi connectivity index (χ3n) is 6.35. The highest BCUT2D eigenvalue weighted by Gasteiger charge is 2.46. The fourth-order valence-corrected chi connectivity index (χ4v) is 4.80. The van der Waals surface area contributed by atoms with Gasteiger partial charge in [-0.25, -0.2) is 0 Å². The predicted molar refractivity (Wildman–Crippen MR) is 118 cm³/mol. The molecule has 0 spiro atoms.